The molecule has 2 N–H and O–H groups in total. The first-order valence-electron chi connectivity index (χ1n) is 5.63. The number of rotatable bonds is 5. The maximum absolute atomic E-state index is 5.33. The lowest BCUT2D eigenvalue weighted by atomic mass is 10.1. The molecule has 1 aromatic rings. The zero-order valence-electron chi connectivity index (χ0n) is 9.25. The number of imidazole rings is 1. The summed E-state index contributed by atoms with van der Waals surface area (Å²) in [6.45, 7) is 5.87. The van der Waals surface area contributed by atoms with Crippen molar-refractivity contribution in [2.75, 3.05) is 19.8 Å². The van der Waals surface area contributed by atoms with Crippen LogP contribution in [0.25, 0.3) is 0 Å². The second-order valence-corrected chi connectivity index (χ2v) is 4.17. The fourth-order valence-corrected chi connectivity index (χ4v) is 1.89. The molecule has 0 saturated carbocycles. The number of H-pyrrole nitrogens is 1. The summed E-state index contributed by atoms with van der Waals surface area (Å²) in [5.74, 6) is 0.762. The normalized spacial score (nSPS) is 21.0. The summed E-state index contributed by atoms with van der Waals surface area (Å²) in [6, 6.07) is 0. The van der Waals surface area contributed by atoms with E-state index in [4.69, 9.17) is 4.74 Å². The average molecular weight is 209 g/mol. The van der Waals surface area contributed by atoms with Crippen LogP contribution in [0.15, 0.2) is 6.33 Å². The van der Waals surface area contributed by atoms with Crippen molar-refractivity contribution in [1.82, 2.24) is 15.3 Å². The predicted molar refractivity (Wildman–Crippen MR) is 58.6 cm³/mol. The van der Waals surface area contributed by atoms with Crippen LogP contribution in [-0.2, 0) is 11.3 Å². The van der Waals surface area contributed by atoms with Gasteiger partial charge in [0.15, 0.2) is 0 Å². The summed E-state index contributed by atoms with van der Waals surface area (Å²) < 4.78 is 5.33. The molecule has 1 unspecified atom stereocenters. The van der Waals surface area contributed by atoms with E-state index in [9.17, 15) is 0 Å². The molecular formula is C11H19N3O. The zero-order chi connectivity index (χ0) is 10.5. The first-order valence-corrected chi connectivity index (χ1v) is 5.63. The van der Waals surface area contributed by atoms with Crippen LogP contribution in [0.3, 0.4) is 0 Å². The molecule has 0 amide bonds. The van der Waals surface area contributed by atoms with Crippen molar-refractivity contribution >= 4 is 0 Å². The quantitative estimate of drug-likeness (QED) is 0.717. The average Bonchev–Trinajstić information content (AvgIpc) is 2.85. The van der Waals surface area contributed by atoms with Gasteiger partial charge in [0.1, 0.15) is 0 Å². The highest BCUT2D eigenvalue weighted by Crippen LogP contribution is 2.15. The van der Waals surface area contributed by atoms with E-state index in [0.29, 0.717) is 0 Å². The van der Waals surface area contributed by atoms with E-state index in [1.165, 1.54) is 12.8 Å². The first kappa shape index (κ1) is 10.6. The van der Waals surface area contributed by atoms with Crippen molar-refractivity contribution in [3.63, 3.8) is 0 Å². The van der Waals surface area contributed by atoms with Gasteiger partial charge < -0.3 is 15.0 Å². The number of nitrogens with zero attached hydrogens (tertiary/aromatic N) is 1. The molecule has 15 heavy (non-hydrogen) atoms. The van der Waals surface area contributed by atoms with Gasteiger partial charge in [-0.2, -0.15) is 0 Å². The van der Waals surface area contributed by atoms with Crippen molar-refractivity contribution in [3.8, 4) is 0 Å². The Labute approximate surface area is 90.4 Å². The molecule has 1 atom stereocenters. The van der Waals surface area contributed by atoms with Crippen LogP contribution in [0, 0.1) is 12.8 Å². The van der Waals surface area contributed by atoms with E-state index in [1.54, 1.807) is 6.33 Å². The van der Waals surface area contributed by atoms with E-state index >= 15 is 0 Å². The molecular weight excluding hydrogens is 190 g/mol. The van der Waals surface area contributed by atoms with Gasteiger partial charge in [-0.05, 0) is 32.2 Å². The van der Waals surface area contributed by atoms with E-state index in [-0.39, 0.29) is 0 Å². The van der Waals surface area contributed by atoms with E-state index in [1.807, 2.05) is 0 Å². The second kappa shape index (κ2) is 5.28. The highest BCUT2D eigenvalue weighted by atomic mass is 16.5. The molecule has 0 aromatic carbocycles. The predicted octanol–water partition coefficient (Wildman–Crippen LogP) is 1.23. The topological polar surface area (TPSA) is 49.9 Å². The van der Waals surface area contributed by atoms with Crippen LogP contribution in [0.5, 0.6) is 0 Å². The smallest absolute Gasteiger partial charge is 0.0925 e. The lowest BCUT2D eigenvalue weighted by Gasteiger charge is -2.07. The molecule has 0 spiro atoms. The summed E-state index contributed by atoms with van der Waals surface area (Å²) >= 11 is 0. The van der Waals surface area contributed by atoms with Crippen molar-refractivity contribution in [1.29, 1.82) is 0 Å². The van der Waals surface area contributed by atoms with Crippen LogP contribution >= 0.6 is 0 Å². The fraction of sp³-hybridized carbons (Fsp3) is 0.727. The Morgan fingerprint density at radius 2 is 2.60 bits per heavy atom. The number of aromatic nitrogens is 2. The van der Waals surface area contributed by atoms with Crippen molar-refractivity contribution < 1.29 is 4.74 Å². The summed E-state index contributed by atoms with van der Waals surface area (Å²) in [7, 11) is 0. The number of nitrogens with one attached hydrogen (secondary N) is 2. The van der Waals surface area contributed by atoms with E-state index < -0.39 is 0 Å². The number of ether oxygens (including phenoxy) is 1. The maximum Gasteiger partial charge on any atom is 0.0925 e. The third kappa shape index (κ3) is 3.04. The van der Waals surface area contributed by atoms with E-state index in [0.717, 1.165) is 43.6 Å². The van der Waals surface area contributed by atoms with Crippen molar-refractivity contribution in [2.24, 2.45) is 5.92 Å². The molecule has 1 aliphatic rings. The molecule has 0 aliphatic carbocycles. The number of aromatic amines is 1. The molecule has 84 valence electrons. The minimum atomic E-state index is 0.762. The van der Waals surface area contributed by atoms with Gasteiger partial charge in [-0.3, -0.25) is 0 Å². The first-order chi connectivity index (χ1) is 7.36. The molecule has 4 nitrogen and oxygen atoms in total. The minimum Gasteiger partial charge on any atom is -0.381 e. The number of hydrogen-bond donors (Lipinski definition) is 2. The summed E-state index contributed by atoms with van der Waals surface area (Å²) in [6.07, 6.45) is 4.18. The highest BCUT2D eigenvalue weighted by molar-refractivity contribution is 5.07. The Kier molecular flexibility index (Phi) is 3.75. The molecule has 1 aromatic heterocycles. The minimum absolute atomic E-state index is 0.762. The summed E-state index contributed by atoms with van der Waals surface area (Å²) in [5, 5.41) is 3.42. The fourth-order valence-electron chi connectivity index (χ4n) is 1.89. The van der Waals surface area contributed by atoms with Crippen LogP contribution < -0.4 is 5.32 Å². The molecule has 2 rings (SSSR count). The van der Waals surface area contributed by atoms with Gasteiger partial charge >= 0.3 is 0 Å². The Hall–Kier alpha value is -0.870. The van der Waals surface area contributed by atoms with Gasteiger partial charge in [0.2, 0.25) is 0 Å². The van der Waals surface area contributed by atoms with Crippen molar-refractivity contribution in [3.05, 3.63) is 17.7 Å². The van der Waals surface area contributed by atoms with Crippen LogP contribution in [0.4, 0.5) is 0 Å². The Morgan fingerprint density at radius 3 is 3.27 bits per heavy atom. The molecule has 1 aliphatic heterocycles. The monoisotopic (exact) mass is 209 g/mol. The standard InChI is InChI=1S/C11H19N3O/c1-9-11(14-8-13-9)6-12-4-2-10-3-5-15-7-10/h8,10,12H,2-7H2,1H3,(H,13,14). The van der Waals surface area contributed by atoms with Crippen LogP contribution in [0.2, 0.25) is 0 Å². The molecule has 0 bridgehead atoms. The molecule has 1 saturated heterocycles. The van der Waals surface area contributed by atoms with E-state index in [2.05, 4.69) is 22.2 Å². The number of hydrogen-bond acceptors (Lipinski definition) is 3. The lowest BCUT2D eigenvalue weighted by Crippen LogP contribution is -2.18. The molecule has 0 radical (unpaired) electrons. The largest absolute Gasteiger partial charge is 0.381 e. The number of aryl methyl sites for hydroxylation is 1. The maximum atomic E-state index is 5.33. The second-order valence-electron chi connectivity index (χ2n) is 4.17. The van der Waals surface area contributed by atoms with Gasteiger partial charge in [0, 0.05) is 25.5 Å². The highest BCUT2D eigenvalue weighted by Gasteiger charge is 2.14. The Balaban J connectivity index is 1.60. The van der Waals surface area contributed by atoms with Crippen molar-refractivity contribution in [2.45, 2.75) is 26.3 Å². The Morgan fingerprint density at radius 1 is 1.67 bits per heavy atom. The van der Waals surface area contributed by atoms with Crippen LogP contribution in [-0.4, -0.2) is 29.7 Å². The van der Waals surface area contributed by atoms with Gasteiger partial charge in [-0.1, -0.05) is 0 Å². The zero-order valence-corrected chi connectivity index (χ0v) is 9.25. The van der Waals surface area contributed by atoms with Gasteiger partial charge in [0.25, 0.3) is 0 Å². The molecule has 4 heteroatoms. The van der Waals surface area contributed by atoms with Crippen LogP contribution in [0.1, 0.15) is 24.2 Å². The SMILES string of the molecule is Cc1[nH]cnc1CNCCC1CCOC1. The third-order valence-electron chi connectivity index (χ3n) is 2.98. The summed E-state index contributed by atoms with van der Waals surface area (Å²) in [4.78, 5) is 7.32. The van der Waals surface area contributed by atoms with Gasteiger partial charge in [-0.25, -0.2) is 4.98 Å². The third-order valence-corrected chi connectivity index (χ3v) is 2.98. The molecule has 2 heterocycles. The Bertz CT molecular complexity index is 292. The van der Waals surface area contributed by atoms with Gasteiger partial charge in [0.05, 0.1) is 12.0 Å². The lowest BCUT2D eigenvalue weighted by molar-refractivity contribution is 0.184. The molecule has 1 fully saturated rings. The van der Waals surface area contributed by atoms with Gasteiger partial charge in [-0.15, -0.1) is 0 Å². The summed E-state index contributed by atoms with van der Waals surface area (Å²) in [5.41, 5.74) is 2.28.